The van der Waals surface area contributed by atoms with Gasteiger partial charge in [-0.3, -0.25) is 13.9 Å². The van der Waals surface area contributed by atoms with E-state index in [1.807, 2.05) is 19.9 Å². The van der Waals surface area contributed by atoms with Crippen LogP contribution in [0.4, 0.5) is 5.69 Å². The van der Waals surface area contributed by atoms with Crippen molar-refractivity contribution in [3.05, 3.63) is 64.2 Å². The van der Waals surface area contributed by atoms with E-state index in [-0.39, 0.29) is 12.5 Å². The Labute approximate surface area is 201 Å². The van der Waals surface area contributed by atoms with Crippen LogP contribution in [0.1, 0.15) is 37.0 Å². The van der Waals surface area contributed by atoms with Crippen LogP contribution in [0.3, 0.4) is 0 Å². The zero-order chi connectivity index (χ0) is 24.8. The molecule has 0 heterocycles. The van der Waals surface area contributed by atoms with E-state index in [9.17, 15) is 18.0 Å². The molecule has 9 heteroatoms. The molecule has 0 bridgehead atoms. The van der Waals surface area contributed by atoms with E-state index in [0.717, 1.165) is 33.7 Å². The Bertz CT molecular complexity index is 1100. The predicted octanol–water partition coefficient (Wildman–Crippen LogP) is 3.67. The maximum Gasteiger partial charge on any atom is 0.244 e. The Morgan fingerprint density at radius 1 is 1.12 bits per heavy atom. The van der Waals surface area contributed by atoms with Crippen LogP contribution in [0.5, 0.6) is 0 Å². The third-order valence-electron chi connectivity index (χ3n) is 5.26. The molecule has 2 aromatic rings. The minimum atomic E-state index is -3.76. The van der Waals surface area contributed by atoms with E-state index in [0.29, 0.717) is 17.3 Å². The summed E-state index contributed by atoms with van der Waals surface area (Å²) >= 11 is 6.10. The lowest BCUT2D eigenvalue weighted by molar-refractivity contribution is -0.139. The SMILES string of the molecule is CCCNC(=O)[C@@H](C)N(Cc1cccc(Cl)c1)C(=O)CN(c1ccc(C)cc1C)S(C)(=O)=O. The predicted molar refractivity (Wildman–Crippen MR) is 133 cm³/mol. The largest absolute Gasteiger partial charge is 0.354 e. The molecule has 1 atom stereocenters. The van der Waals surface area contributed by atoms with Gasteiger partial charge >= 0.3 is 0 Å². The lowest BCUT2D eigenvalue weighted by atomic mass is 10.1. The summed E-state index contributed by atoms with van der Waals surface area (Å²) in [5.41, 5.74) is 2.90. The normalized spacial score (nSPS) is 12.2. The van der Waals surface area contributed by atoms with E-state index in [2.05, 4.69) is 5.32 Å². The number of nitrogens with one attached hydrogen (secondary N) is 1. The Morgan fingerprint density at radius 2 is 1.82 bits per heavy atom. The number of carbonyl (C=O) groups is 2. The molecule has 2 aromatic carbocycles. The van der Waals surface area contributed by atoms with E-state index in [1.54, 1.807) is 50.2 Å². The van der Waals surface area contributed by atoms with E-state index in [4.69, 9.17) is 11.6 Å². The van der Waals surface area contributed by atoms with E-state index in [1.165, 1.54) is 4.90 Å². The molecule has 0 fully saturated rings. The van der Waals surface area contributed by atoms with Gasteiger partial charge < -0.3 is 10.2 Å². The monoisotopic (exact) mass is 493 g/mol. The molecule has 0 aliphatic carbocycles. The third-order valence-corrected chi connectivity index (χ3v) is 6.62. The Hall–Kier alpha value is -2.58. The molecule has 0 unspecified atom stereocenters. The highest BCUT2D eigenvalue weighted by Gasteiger charge is 2.30. The van der Waals surface area contributed by atoms with Crippen molar-refractivity contribution in [2.24, 2.45) is 0 Å². The van der Waals surface area contributed by atoms with Crippen LogP contribution >= 0.6 is 11.6 Å². The Kier molecular flexibility index (Phi) is 9.31. The molecular weight excluding hydrogens is 462 g/mol. The summed E-state index contributed by atoms with van der Waals surface area (Å²) in [7, 11) is -3.76. The molecular formula is C24H32ClN3O4S. The van der Waals surface area contributed by atoms with Crippen molar-refractivity contribution in [2.75, 3.05) is 23.7 Å². The molecule has 2 amide bonds. The number of rotatable bonds is 10. The van der Waals surface area contributed by atoms with Gasteiger partial charge in [-0.15, -0.1) is 0 Å². The number of halogens is 1. The van der Waals surface area contributed by atoms with E-state index < -0.39 is 28.5 Å². The van der Waals surface area contributed by atoms with Gasteiger partial charge in [0.2, 0.25) is 21.8 Å². The van der Waals surface area contributed by atoms with Crippen LogP contribution in [0.2, 0.25) is 5.02 Å². The quantitative estimate of drug-likeness (QED) is 0.547. The first kappa shape index (κ1) is 26.7. The second-order valence-corrected chi connectivity index (χ2v) is 10.5. The number of amides is 2. The summed E-state index contributed by atoms with van der Waals surface area (Å²) in [5.74, 6) is -0.788. The Balaban J connectivity index is 2.40. The third kappa shape index (κ3) is 7.47. The minimum absolute atomic E-state index is 0.116. The number of aryl methyl sites for hydroxylation is 2. The number of sulfonamides is 1. The summed E-state index contributed by atoms with van der Waals surface area (Å²) in [6, 6.07) is 11.6. The standard InChI is InChI=1S/C24H32ClN3O4S/c1-6-12-26-24(30)19(4)27(15-20-8-7-9-21(25)14-20)23(29)16-28(33(5,31)32)22-11-10-17(2)13-18(22)3/h7-11,13-14,19H,6,12,15-16H2,1-5H3,(H,26,30)/t19-/m1/s1. The maximum atomic E-state index is 13.5. The molecule has 0 radical (unpaired) electrons. The zero-order valence-corrected chi connectivity index (χ0v) is 21.3. The highest BCUT2D eigenvalue weighted by molar-refractivity contribution is 7.92. The molecule has 2 rings (SSSR count). The van der Waals surface area contributed by atoms with Crippen LogP contribution in [0, 0.1) is 13.8 Å². The smallest absolute Gasteiger partial charge is 0.244 e. The summed E-state index contributed by atoms with van der Waals surface area (Å²) in [6.45, 7) is 7.47. The van der Waals surface area contributed by atoms with Gasteiger partial charge in [0.25, 0.3) is 0 Å². The summed E-state index contributed by atoms with van der Waals surface area (Å²) in [4.78, 5) is 27.5. The summed E-state index contributed by atoms with van der Waals surface area (Å²) in [5, 5.41) is 3.31. The number of anilines is 1. The molecule has 1 N–H and O–H groups in total. The topological polar surface area (TPSA) is 86.8 Å². The van der Waals surface area contributed by atoms with Crippen LogP contribution in [-0.4, -0.2) is 50.5 Å². The van der Waals surface area contributed by atoms with Crippen LogP contribution in [0.15, 0.2) is 42.5 Å². The molecule has 0 saturated heterocycles. The fourth-order valence-electron chi connectivity index (χ4n) is 3.49. The van der Waals surface area contributed by atoms with Gasteiger partial charge in [0.15, 0.2) is 0 Å². The number of hydrogen-bond acceptors (Lipinski definition) is 4. The van der Waals surface area contributed by atoms with Crippen LogP contribution in [0.25, 0.3) is 0 Å². The molecule has 0 aromatic heterocycles. The number of hydrogen-bond donors (Lipinski definition) is 1. The second-order valence-electron chi connectivity index (χ2n) is 8.18. The average molecular weight is 494 g/mol. The first-order valence-electron chi connectivity index (χ1n) is 10.8. The average Bonchev–Trinajstić information content (AvgIpc) is 2.73. The maximum absolute atomic E-state index is 13.5. The molecule has 33 heavy (non-hydrogen) atoms. The van der Waals surface area contributed by atoms with Gasteiger partial charge in [-0.2, -0.15) is 0 Å². The van der Waals surface area contributed by atoms with Gasteiger partial charge in [0.1, 0.15) is 12.6 Å². The van der Waals surface area contributed by atoms with Gasteiger partial charge in [-0.1, -0.05) is 48.4 Å². The molecule has 0 aliphatic rings. The highest BCUT2D eigenvalue weighted by atomic mass is 35.5. The van der Waals surface area contributed by atoms with Crippen LogP contribution in [-0.2, 0) is 26.2 Å². The van der Waals surface area contributed by atoms with Gasteiger partial charge in [0.05, 0.1) is 11.9 Å². The van der Waals surface area contributed by atoms with Crippen molar-refractivity contribution in [1.29, 1.82) is 0 Å². The van der Waals surface area contributed by atoms with Crippen molar-refractivity contribution < 1.29 is 18.0 Å². The van der Waals surface area contributed by atoms with Gasteiger partial charge in [-0.25, -0.2) is 8.42 Å². The number of benzene rings is 2. The van der Waals surface area contributed by atoms with Crippen molar-refractivity contribution in [2.45, 2.75) is 46.7 Å². The zero-order valence-electron chi connectivity index (χ0n) is 19.8. The summed E-state index contributed by atoms with van der Waals surface area (Å²) in [6.07, 6.45) is 1.83. The fraction of sp³-hybridized carbons (Fsp3) is 0.417. The molecule has 0 saturated carbocycles. The highest BCUT2D eigenvalue weighted by Crippen LogP contribution is 2.24. The lowest BCUT2D eigenvalue weighted by Gasteiger charge is -2.32. The Morgan fingerprint density at radius 3 is 2.39 bits per heavy atom. The molecule has 0 spiro atoms. The van der Waals surface area contributed by atoms with Crippen molar-refractivity contribution >= 4 is 39.1 Å². The molecule has 0 aliphatic heterocycles. The summed E-state index contributed by atoms with van der Waals surface area (Å²) < 4.78 is 26.4. The van der Waals surface area contributed by atoms with Crippen molar-refractivity contribution in [1.82, 2.24) is 10.2 Å². The lowest BCUT2D eigenvalue weighted by Crippen LogP contribution is -2.51. The van der Waals surface area contributed by atoms with Crippen molar-refractivity contribution in [3.8, 4) is 0 Å². The van der Waals surface area contributed by atoms with Crippen LogP contribution < -0.4 is 9.62 Å². The van der Waals surface area contributed by atoms with Gasteiger partial charge in [-0.05, 0) is 56.5 Å². The molecule has 180 valence electrons. The van der Waals surface area contributed by atoms with E-state index >= 15 is 0 Å². The van der Waals surface area contributed by atoms with Gasteiger partial charge in [0, 0.05) is 18.1 Å². The first-order chi connectivity index (χ1) is 15.4. The number of carbonyl (C=O) groups excluding carboxylic acids is 2. The fourth-order valence-corrected chi connectivity index (χ4v) is 4.61. The number of nitrogens with zero attached hydrogens (tertiary/aromatic N) is 2. The minimum Gasteiger partial charge on any atom is -0.354 e. The second kappa shape index (κ2) is 11.5. The molecule has 7 nitrogen and oxygen atoms in total. The van der Waals surface area contributed by atoms with Crippen molar-refractivity contribution in [3.63, 3.8) is 0 Å². The first-order valence-corrected chi connectivity index (χ1v) is 13.0.